The molecule has 0 aliphatic carbocycles. The summed E-state index contributed by atoms with van der Waals surface area (Å²) in [7, 11) is -2.81. The first-order chi connectivity index (χ1) is 6.27. The van der Waals surface area contributed by atoms with Crippen molar-refractivity contribution in [3.63, 3.8) is 0 Å². The molecule has 0 heterocycles. The minimum Gasteiger partial charge on any atom is -0.315 e. The first-order valence-corrected chi connectivity index (χ1v) is 7.00. The van der Waals surface area contributed by atoms with Gasteiger partial charge in [0, 0.05) is 18.8 Å². The van der Waals surface area contributed by atoms with Gasteiger partial charge < -0.3 is 5.32 Å². The molecule has 0 fully saturated rings. The highest BCUT2D eigenvalue weighted by Gasteiger charge is 2.11. The fourth-order valence-corrected chi connectivity index (χ4v) is 2.39. The van der Waals surface area contributed by atoms with E-state index in [-0.39, 0.29) is 11.2 Å². The first-order valence-electron chi connectivity index (χ1n) is 5.18. The summed E-state index contributed by atoms with van der Waals surface area (Å²) in [6.07, 6.45) is 0.710. The third kappa shape index (κ3) is 8.51. The van der Waals surface area contributed by atoms with Gasteiger partial charge >= 0.3 is 0 Å². The Balaban J connectivity index is 3.65. The van der Waals surface area contributed by atoms with E-state index in [1.165, 1.54) is 0 Å². The van der Waals surface area contributed by atoms with Crippen LogP contribution in [0.25, 0.3) is 0 Å². The molecule has 0 aromatic carbocycles. The Morgan fingerprint density at radius 3 is 2.14 bits per heavy atom. The molecule has 0 amide bonds. The molecular weight excluding hydrogens is 198 g/mol. The van der Waals surface area contributed by atoms with Crippen LogP contribution >= 0.6 is 0 Å². The Morgan fingerprint density at radius 2 is 1.71 bits per heavy atom. The molecule has 0 rings (SSSR count). The van der Waals surface area contributed by atoms with Crippen molar-refractivity contribution in [2.75, 3.05) is 24.6 Å². The van der Waals surface area contributed by atoms with E-state index in [1.54, 1.807) is 0 Å². The summed E-state index contributed by atoms with van der Waals surface area (Å²) in [6.45, 7) is 9.69. The zero-order chi connectivity index (χ0) is 11.2. The van der Waals surface area contributed by atoms with E-state index >= 15 is 0 Å². The van der Waals surface area contributed by atoms with Crippen LogP contribution < -0.4 is 5.32 Å². The maximum absolute atomic E-state index is 11.3. The van der Waals surface area contributed by atoms with Gasteiger partial charge in [-0.2, -0.15) is 0 Å². The van der Waals surface area contributed by atoms with Crippen LogP contribution in [0.4, 0.5) is 0 Å². The summed E-state index contributed by atoms with van der Waals surface area (Å²) in [5.41, 5.74) is 0.217. The number of sulfone groups is 1. The maximum Gasteiger partial charge on any atom is 0.151 e. The zero-order valence-corrected chi connectivity index (χ0v) is 10.6. The van der Waals surface area contributed by atoms with E-state index in [4.69, 9.17) is 0 Å². The predicted molar refractivity (Wildman–Crippen MR) is 61.3 cm³/mol. The van der Waals surface area contributed by atoms with Crippen molar-refractivity contribution in [2.45, 2.75) is 34.1 Å². The molecule has 4 heteroatoms. The molecule has 0 saturated heterocycles. The third-order valence-electron chi connectivity index (χ3n) is 1.76. The lowest BCUT2D eigenvalue weighted by Crippen LogP contribution is -2.31. The quantitative estimate of drug-likeness (QED) is 0.691. The van der Waals surface area contributed by atoms with Crippen LogP contribution in [0, 0.1) is 5.41 Å². The zero-order valence-electron chi connectivity index (χ0n) is 9.76. The van der Waals surface area contributed by atoms with E-state index in [1.807, 2.05) is 6.92 Å². The topological polar surface area (TPSA) is 46.2 Å². The largest absolute Gasteiger partial charge is 0.315 e. The number of nitrogens with one attached hydrogen (secondary N) is 1. The molecule has 0 atom stereocenters. The van der Waals surface area contributed by atoms with Gasteiger partial charge in [0.25, 0.3) is 0 Å². The van der Waals surface area contributed by atoms with Crippen molar-refractivity contribution in [3.05, 3.63) is 0 Å². The normalized spacial score (nSPS) is 13.1. The van der Waals surface area contributed by atoms with Gasteiger partial charge in [0.15, 0.2) is 9.84 Å². The summed E-state index contributed by atoms with van der Waals surface area (Å²) < 4.78 is 22.6. The highest BCUT2D eigenvalue weighted by atomic mass is 32.2. The van der Waals surface area contributed by atoms with Crippen molar-refractivity contribution >= 4 is 9.84 Å². The maximum atomic E-state index is 11.3. The predicted octanol–water partition coefficient (Wildman–Crippen LogP) is 1.45. The molecule has 86 valence electrons. The Morgan fingerprint density at radius 1 is 1.14 bits per heavy atom. The minimum atomic E-state index is -2.81. The Labute approximate surface area is 88.2 Å². The molecule has 1 N–H and O–H groups in total. The molecule has 0 radical (unpaired) electrons. The summed E-state index contributed by atoms with van der Waals surface area (Å²) >= 11 is 0. The van der Waals surface area contributed by atoms with Crippen LogP contribution in [0.1, 0.15) is 34.1 Å². The average molecular weight is 221 g/mol. The van der Waals surface area contributed by atoms with Gasteiger partial charge in [-0.15, -0.1) is 0 Å². The van der Waals surface area contributed by atoms with E-state index in [0.717, 1.165) is 6.54 Å². The van der Waals surface area contributed by atoms with Crippen LogP contribution in [-0.2, 0) is 9.84 Å². The fourth-order valence-electron chi connectivity index (χ4n) is 1.10. The van der Waals surface area contributed by atoms with Gasteiger partial charge in [-0.1, -0.05) is 27.7 Å². The van der Waals surface area contributed by atoms with Gasteiger partial charge in [0.05, 0.1) is 5.75 Å². The van der Waals surface area contributed by atoms with Crippen molar-refractivity contribution in [1.29, 1.82) is 0 Å². The van der Waals surface area contributed by atoms with E-state index in [2.05, 4.69) is 26.1 Å². The van der Waals surface area contributed by atoms with Crippen molar-refractivity contribution in [3.8, 4) is 0 Å². The lowest BCUT2D eigenvalue weighted by molar-refractivity contribution is 0.385. The monoisotopic (exact) mass is 221 g/mol. The second-order valence-corrected chi connectivity index (χ2v) is 7.19. The first kappa shape index (κ1) is 13.9. The lowest BCUT2D eigenvalue weighted by atomic mass is 9.97. The van der Waals surface area contributed by atoms with Crippen LogP contribution in [0.15, 0.2) is 0 Å². The average Bonchev–Trinajstić information content (AvgIpc) is 1.96. The van der Waals surface area contributed by atoms with Gasteiger partial charge in [-0.3, -0.25) is 0 Å². The van der Waals surface area contributed by atoms with Gasteiger partial charge in [0.2, 0.25) is 0 Å². The summed E-state index contributed by atoms with van der Waals surface area (Å²) in [4.78, 5) is 0. The number of hydrogen-bond acceptors (Lipinski definition) is 3. The van der Waals surface area contributed by atoms with Crippen LogP contribution in [0.2, 0.25) is 0 Å². The number of hydrogen-bond donors (Lipinski definition) is 1. The Bertz CT molecular complexity index is 239. The highest BCUT2D eigenvalue weighted by molar-refractivity contribution is 7.91. The van der Waals surface area contributed by atoms with E-state index < -0.39 is 9.84 Å². The highest BCUT2D eigenvalue weighted by Crippen LogP contribution is 2.09. The molecule has 0 aromatic heterocycles. The second kappa shape index (κ2) is 5.71. The Kier molecular flexibility index (Phi) is 5.67. The van der Waals surface area contributed by atoms with Crippen molar-refractivity contribution in [2.24, 2.45) is 5.41 Å². The fraction of sp³-hybridized carbons (Fsp3) is 1.00. The summed E-state index contributed by atoms with van der Waals surface area (Å²) in [5, 5.41) is 3.16. The minimum absolute atomic E-state index is 0.217. The molecule has 0 spiro atoms. The smallest absolute Gasteiger partial charge is 0.151 e. The molecule has 14 heavy (non-hydrogen) atoms. The third-order valence-corrected chi connectivity index (χ3v) is 3.62. The molecule has 0 unspecified atom stereocenters. The van der Waals surface area contributed by atoms with Crippen LogP contribution in [-0.4, -0.2) is 33.0 Å². The Hall–Kier alpha value is -0.0900. The summed E-state index contributed by atoms with van der Waals surface area (Å²) in [5.74, 6) is 0.571. The molecule has 3 nitrogen and oxygen atoms in total. The number of rotatable bonds is 6. The SMILES string of the molecule is CCCS(=O)(=O)CCNCC(C)(C)C. The summed E-state index contributed by atoms with van der Waals surface area (Å²) in [6, 6.07) is 0. The van der Waals surface area contributed by atoms with Crippen molar-refractivity contribution < 1.29 is 8.42 Å². The molecule has 0 saturated carbocycles. The molecule has 0 bridgehead atoms. The van der Waals surface area contributed by atoms with Crippen molar-refractivity contribution in [1.82, 2.24) is 5.32 Å². The molecule has 0 aromatic rings. The molecule has 0 aliphatic rings. The molecular formula is C10H23NO2S. The van der Waals surface area contributed by atoms with Gasteiger partial charge in [-0.05, 0) is 11.8 Å². The van der Waals surface area contributed by atoms with Crippen LogP contribution in [0.5, 0.6) is 0 Å². The second-order valence-electron chi connectivity index (χ2n) is 4.89. The van der Waals surface area contributed by atoms with Gasteiger partial charge in [-0.25, -0.2) is 8.42 Å². The molecule has 0 aliphatic heterocycles. The standard InChI is InChI=1S/C10H23NO2S/c1-5-7-14(12,13)8-6-11-9-10(2,3)4/h11H,5-9H2,1-4H3. The van der Waals surface area contributed by atoms with Gasteiger partial charge in [0.1, 0.15) is 0 Å². The van der Waals surface area contributed by atoms with E-state index in [9.17, 15) is 8.42 Å². The lowest BCUT2D eigenvalue weighted by Gasteiger charge is -2.18. The van der Waals surface area contributed by atoms with E-state index in [0.29, 0.717) is 18.7 Å². The van der Waals surface area contributed by atoms with Crippen LogP contribution in [0.3, 0.4) is 0 Å².